The van der Waals surface area contributed by atoms with Crippen molar-refractivity contribution in [2.45, 2.75) is 43.9 Å². The van der Waals surface area contributed by atoms with Crippen LogP contribution in [0.15, 0.2) is 243 Å². The van der Waals surface area contributed by atoms with Gasteiger partial charge in [0.25, 0.3) is 0 Å². The molecule has 0 amide bonds. The second-order valence-corrected chi connectivity index (χ2v) is 22.5. The van der Waals surface area contributed by atoms with Crippen LogP contribution in [-0.4, -0.2) is 9.13 Å². The molecule has 0 atom stereocenters. The van der Waals surface area contributed by atoms with E-state index in [0.717, 1.165) is 111 Å². The van der Waals surface area contributed by atoms with Crippen molar-refractivity contribution in [3.63, 3.8) is 0 Å². The Morgan fingerprint density at radius 1 is 0.367 bits per heavy atom. The second kappa shape index (κ2) is 17.0. The minimum absolute atomic E-state index is 0.336. The minimum atomic E-state index is -0.719. The Kier molecular flexibility index (Phi) is 9.97. The molecule has 2 heterocycles. The van der Waals surface area contributed by atoms with Gasteiger partial charge in [0, 0.05) is 37.8 Å². The molecule has 4 heteroatoms. The quantitative estimate of drug-likeness (QED) is 0.153. The van der Waals surface area contributed by atoms with Gasteiger partial charge in [0.1, 0.15) is 0 Å². The van der Waals surface area contributed by atoms with Crippen LogP contribution in [0.2, 0.25) is 0 Å². The van der Waals surface area contributed by atoms with Crippen LogP contribution in [0, 0.1) is 17.9 Å². The summed E-state index contributed by atoms with van der Waals surface area (Å²) in [7, 11) is 0. The Morgan fingerprint density at radius 2 is 0.722 bits per heavy atom. The molecular weight excluding hydrogens is 957 g/mol. The molecule has 0 saturated carbocycles. The van der Waals surface area contributed by atoms with Crippen LogP contribution in [0.1, 0.15) is 55.5 Å². The molecule has 1 spiro atoms. The molecule has 2 aliphatic rings. The summed E-state index contributed by atoms with van der Waals surface area (Å²) in [5.74, 6) is 0. The van der Waals surface area contributed by atoms with Crippen LogP contribution in [0.25, 0.3) is 115 Å². The lowest BCUT2D eigenvalue weighted by atomic mass is 9.52. The van der Waals surface area contributed by atoms with Gasteiger partial charge in [-0.2, -0.15) is 5.26 Å². The van der Waals surface area contributed by atoms with E-state index in [1.54, 1.807) is 0 Å². The molecule has 372 valence electrons. The number of benzene rings is 11. The van der Waals surface area contributed by atoms with E-state index in [0.29, 0.717) is 11.3 Å². The molecule has 13 aromatic rings. The highest BCUT2D eigenvalue weighted by Gasteiger charge is 2.69. The summed E-state index contributed by atoms with van der Waals surface area (Å²) in [6.45, 7) is 19.4. The smallest absolute Gasteiger partial charge is 0.230 e. The van der Waals surface area contributed by atoms with Gasteiger partial charge in [-0.25, -0.2) is 4.85 Å². The predicted molar refractivity (Wildman–Crippen MR) is 327 cm³/mol. The summed E-state index contributed by atoms with van der Waals surface area (Å²) < 4.78 is 4.74. The van der Waals surface area contributed by atoms with Gasteiger partial charge in [-0.3, -0.25) is 0 Å². The normalized spacial score (nSPS) is 14.4. The predicted octanol–water partition coefficient (Wildman–Crippen LogP) is 19.5. The first-order valence-corrected chi connectivity index (χ1v) is 27.3. The number of rotatable bonds is 6. The van der Waals surface area contributed by atoms with Gasteiger partial charge in [-0.05, 0) is 114 Å². The number of nitriles is 1. The summed E-state index contributed by atoms with van der Waals surface area (Å²) >= 11 is 0. The van der Waals surface area contributed by atoms with E-state index in [2.05, 4.69) is 286 Å². The Labute approximate surface area is 460 Å². The van der Waals surface area contributed by atoms with Crippen molar-refractivity contribution >= 4 is 49.3 Å². The van der Waals surface area contributed by atoms with E-state index >= 15 is 0 Å². The second-order valence-electron chi connectivity index (χ2n) is 22.5. The van der Waals surface area contributed by atoms with E-state index in [-0.39, 0.29) is 0 Å². The zero-order valence-corrected chi connectivity index (χ0v) is 44.4. The highest BCUT2D eigenvalue weighted by Crippen LogP contribution is 2.73. The monoisotopic (exact) mass is 1010 g/mol. The Balaban J connectivity index is 1.15. The summed E-state index contributed by atoms with van der Waals surface area (Å²) in [5, 5.41) is 16.7. The lowest BCUT2D eigenvalue weighted by molar-refractivity contribution is 0.231. The molecular formula is C75H52N4. The fourth-order valence-electron chi connectivity index (χ4n) is 15.1. The molecule has 0 unspecified atom stereocenters. The Bertz CT molecular complexity index is 4470. The van der Waals surface area contributed by atoms with Crippen molar-refractivity contribution in [1.29, 1.82) is 5.26 Å². The number of nitrogens with zero attached hydrogens (tertiary/aromatic N) is 4. The number of hydrogen-bond donors (Lipinski definition) is 0. The molecule has 0 N–H and O–H groups in total. The Hall–Kier alpha value is -10.0. The van der Waals surface area contributed by atoms with Crippen molar-refractivity contribution in [3.8, 4) is 73.1 Å². The maximum Gasteiger partial charge on any atom is 0.230 e. The fraction of sp³-hybridized carbons (Fsp3) is 0.0933. The summed E-state index contributed by atoms with van der Waals surface area (Å²) in [6, 6.07) is 90.2. The van der Waals surface area contributed by atoms with Gasteiger partial charge in [0.05, 0.1) is 51.6 Å². The number of aromatic nitrogens is 2. The van der Waals surface area contributed by atoms with E-state index in [4.69, 9.17) is 4.85 Å². The van der Waals surface area contributed by atoms with Gasteiger partial charge >= 0.3 is 0 Å². The topological polar surface area (TPSA) is 38.0 Å². The highest BCUT2D eigenvalue weighted by molar-refractivity contribution is 6.14. The lowest BCUT2D eigenvalue weighted by Crippen LogP contribution is -2.51. The van der Waals surface area contributed by atoms with Crippen molar-refractivity contribution in [2.24, 2.45) is 0 Å². The van der Waals surface area contributed by atoms with E-state index in [1.165, 1.54) is 22.3 Å². The van der Waals surface area contributed by atoms with Gasteiger partial charge in [-0.1, -0.05) is 234 Å². The van der Waals surface area contributed by atoms with Gasteiger partial charge in [-0.15, -0.1) is 0 Å². The molecule has 2 aromatic heterocycles. The van der Waals surface area contributed by atoms with Crippen molar-refractivity contribution in [1.82, 2.24) is 9.13 Å². The molecule has 2 aliphatic carbocycles. The van der Waals surface area contributed by atoms with E-state index in [9.17, 15) is 11.8 Å². The standard InChI is InChI=1S/C75H52N4/c1-73(2)68-69(74(3,4)75(73)62-32-20-18-30-55(62)56-31-19-21-33-63(56)75)72(79-65-41-37-52(48-24-12-7-13-25-48)43-60(65)58-39-35-54(45-67(58)79)50-28-16-9-17-29-50)70(77-5)61(46-76)71(68)78-64-40-36-51(47-22-10-6-11-23-47)42-59(64)57-38-34-53(44-66(57)78)49-26-14-8-15-27-49/h6-45H,1-4H3. The zero-order valence-electron chi connectivity index (χ0n) is 44.4. The van der Waals surface area contributed by atoms with Crippen molar-refractivity contribution in [2.75, 3.05) is 0 Å². The first-order valence-electron chi connectivity index (χ1n) is 27.3. The largest absolute Gasteiger partial charge is 0.319 e. The first-order chi connectivity index (χ1) is 38.6. The third kappa shape index (κ3) is 6.23. The highest BCUT2D eigenvalue weighted by atomic mass is 15.0. The van der Waals surface area contributed by atoms with Gasteiger partial charge in [0.15, 0.2) is 0 Å². The third-order valence-electron chi connectivity index (χ3n) is 18.1. The average Bonchev–Trinajstić information content (AvgIpc) is 3.14. The molecule has 15 rings (SSSR count). The third-order valence-corrected chi connectivity index (χ3v) is 18.1. The summed E-state index contributed by atoms with van der Waals surface area (Å²) in [5.41, 5.74) is 19.9. The lowest BCUT2D eigenvalue weighted by Gasteiger charge is -2.49. The van der Waals surface area contributed by atoms with E-state index in [1.807, 2.05) is 0 Å². The SMILES string of the molecule is [C-]#[N+]c1c(C#N)c(-n2c3ccc(-c4ccccc4)cc3c3ccc(-c4ccccc4)cc32)c2c(c1-n1c3ccc(-c4ccccc4)cc3c3ccc(-c4ccccc4)cc31)C(C)(C)C1(c3ccccc3-c3ccccc31)C2(C)C. The molecule has 0 bridgehead atoms. The molecule has 4 nitrogen and oxygen atoms in total. The maximum atomic E-state index is 12.4. The number of hydrogen-bond acceptors (Lipinski definition) is 1. The van der Waals surface area contributed by atoms with Gasteiger partial charge < -0.3 is 9.13 Å². The first kappa shape index (κ1) is 46.3. The Morgan fingerprint density at radius 3 is 1.13 bits per heavy atom. The van der Waals surface area contributed by atoms with Crippen LogP contribution < -0.4 is 0 Å². The van der Waals surface area contributed by atoms with E-state index < -0.39 is 16.2 Å². The van der Waals surface area contributed by atoms with Crippen LogP contribution in [0.4, 0.5) is 5.69 Å². The zero-order chi connectivity index (χ0) is 53.4. The fourth-order valence-corrected chi connectivity index (χ4v) is 15.1. The molecule has 0 saturated heterocycles. The minimum Gasteiger partial charge on any atom is -0.319 e. The van der Waals surface area contributed by atoms with Crippen LogP contribution in [0.3, 0.4) is 0 Å². The van der Waals surface area contributed by atoms with Crippen LogP contribution >= 0.6 is 0 Å². The molecule has 0 aliphatic heterocycles. The summed E-state index contributed by atoms with van der Waals surface area (Å²) in [4.78, 5) is 4.69. The molecule has 0 fully saturated rings. The van der Waals surface area contributed by atoms with Crippen LogP contribution in [-0.2, 0) is 16.2 Å². The number of fused-ring (bicyclic) bond motifs is 12. The van der Waals surface area contributed by atoms with Crippen molar-refractivity contribution < 1.29 is 0 Å². The molecule has 79 heavy (non-hydrogen) atoms. The van der Waals surface area contributed by atoms with Crippen LogP contribution in [0.5, 0.6) is 0 Å². The van der Waals surface area contributed by atoms with Crippen molar-refractivity contribution in [3.05, 3.63) is 282 Å². The molecule has 0 radical (unpaired) electrons. The summed E-state index contributed by atoms with van der Waals surface area (Å²) in [6.07, 6.45) is 0. The maximum absolute atomic E-state index is 12.4. The van der Waals surface area contributed by atoms with Gasteiger partial charge in [0.2, 0.25) is 5.69 Å². The molecule has 11 aromatic carbocycles. The average molecular weight is 1010 g/mol.